The maximum atomic E-state index is 2.40. The lowest BCUT2D eigenvalue weighted by atomic mass is 10.4. The monoisotopic (exact) mass is 210 g/mol. The Labute approximate surface area is 86.8 Å². The fraction of sp³-hybridized carbons (Fsp3) is 0.455. The summed E-state index contributed by atoms with van der Waals surface area (Å²) in [6.45, 7) is 9.43. The minimum atomic E-state index is -1.14. The van der Waals surface area contributed by atoms with Crippen molar-refractivity contribution in [3.05, 3.63) is 24.3 Å². The molecular formula is C11H18SSi. The largest absolute Gasteiger partial charge is 0.127 e. The first kappa shape index (κ1) is 10.9. The third kappa shape index (κ3) is 2.88. The number of benzene rings is 1. The highest BCUT2D eigenvalue weighted by Gasteiger charge is 2.19. The van der Waals surface area contributed by atoms with Crippen molar-refractivity contribution in [3.8, 4) is 0 Å². The quantitative estimate of drug-likeness (QED) is 0.545. The van der Waals surface area contributed by atoms with Gasteiger partial charge in [-0.05, 0) is 17.0 Å². The topological polar surface area (TPSA) is 0 Å². The third-order valence-corrected chi connectivity index (χ3v) is 5.18. The van der Waals surface area contributed by atoms with E-state index >= 15 is 0 Å². The summed E-state index contributed by atoms with van der Waals surface area (Å²) >= 11 is 1.96. The van der Waals surface area contributed by atoms with Crippen molar-refractivity contribution in [2.45, 2.75) is 31.5 Å². The van der Waals surface area contributed by atoms with Crippen molar-refractivity contribution in [1.82, 2.24) is 0 Å². The standard InChI is InChI=1S/C11H18SSi/c1-5-12-10-8-6-7-9-11(10)13(2,3)4/h6-9H,5H2,1-4H3. The zero-order chi connectivity index (χ0) is 9.90. The maximum absolute atomic E-state index is 2.40. The summed E-state index contributed by atoms with van der Waals surface area (Å²) < 4.78 is 0. The van der Waals surface area contributed by atoms with Crippen LogP contribution in [0.4, 0.5) is 0 Å². The summed E-state index contributed by atoms with van der Waals surface area (Å²) in [4.78, 5) is 1.49. The average Bonchev–Trinajstić information content (AvgIpc) is 2.04. The highest BCUT2D eigenvalue weighted by molar-refractivity contribution is 7.99. The molecule has 0 spiro atoms. The Morgan fingerprint density at radius 2 is 1.77 bits per heavy atom. The van der Waals surface area contributed by atoms with Gasteiger partial charge >= 0.3 is 0 Å². The van der Waals surface area contributed by atoms with Gasteiger partial charge in [0.05, 0.1) is 8.07 Å². The van der Waals surface area contributed by atoms with Crippen LogP contribution in [0.3, 0.4) is 0 Å². The minimum Gasteiger partial charge on any atom is -0.127 e. The van der Waals surface area contributed by atoms with Gasteiger partial charge in [0.15, 0.2) is 0 Å². The molecule has 13 heavy (non-hydrogen) atoms. The SMILES string of the molecule is CCSc1ccccc1[Si](C)(C)C. The fourth-order valence-electron chi connectivity index (χ4n) is 1.37. The van der Waals surface area contributed by atoms with Gasteiger partial charge in [0.2, 0.25) is 0 Å². The smallest absolute Gasteiger partial charge is 0.0790 e. The molecule has 0 atom stereocenters. The normalized spacial score (nSPS) is 11.7. The first-order valence-corrected chi connectivity index (χ1v) is 9.26. The molecule has 0 saturated heterocycles. The van der Waals surface area contributed by atoms with Crippen LogP contribution in [0.15, 0.2) is 29.2 Å². The summed E-state index contributed by atoms with van der Waals surface area (Å²) in [6, 6.07) is 8.85. The molecule has 0 aliphatic heterocycles. The van der Waals surface area contributed by atoms with Crippen molar-refractivity contribution in [2.75, 3.05) is 5.75 Å². The Morgan fingerprint density at radius 3 is 2.31 bits per heavy atom. The highest BCUT2D eigenvalue weighted by atomic mass is 32.2. The van der Waals surface area contributed by atoms with E-state index in [1.54, 1.807) is 5.19 Å². The highest BCUT2D eigenvalue weighted by Crippen LogP contribution is 2.18. The lowest BCUT2D eigenvalue weighted by molar-refractivity contribution is 1.45. The van der Waals surface area contributed by atoms with Crippen LogP contribution in [0.1, 0.15) is 6.92 Å². The van der Waals surface area contributed by atoms with Gasteiger partial charge in [-0.2, -0.15) is 0 Å². The lowest BCUT2D eigenvalue weighted by Gasteiger charge is -2.20. The van der Waals surface area contributed by atoms with Gasteiger partial charge in [-0.15, -0.1) is 11.8 Å². The van der Waals surface area contributed by atoms with E-state index in [-0.39, 0.29) is 0 Å². The van der Waals surface area contributed by atoms with Crippen molar-refractivity contribution in [1.29, 1.82) is 0 Å². The molecule has 2 heteroatoms. The molecule has 0 amide bonds. The Balaban J connectivity index is 3.05. The molecule has 72 valence electrons. The summed E-state index contributed by atoms with van der Waals surface area (Å²) in [6.07, 6.45) is 0. The van der Waals surface area contributed by atoms with Gasteiger partial charge in [0.25, 0.3) is 0 Å². The molecule has 0 aliphatic carbocycles. The van der Waals surface area contributed by atoms with Gasteiger partial charge in [0.1, 0.15) is 0 Å². The summed E-state index contributed by atoms with van der Waals surface area (Å²) in [5.41, 5.74) is 0. The Bertz CT molecular complexity index is 276. The average molecular weight is 210 g/mol. The molecule has 0 aromatic heterocycles. The Hall–Kier alpha value is -0.213. The maximum Gasteiger partial charge on any atom is 0.0790 e. The number of rotatable bonds is 3. The molecule has 1 aromatic rings. The summed E-state index contributed by atoms with van der Waals surface area (Å²) in [7, 11) is -1.14. The van der Waals surface area contributed by atoms with E-state index < -0.39 is 8.07 Å². The fourth-order valence-corrected chi connectivity index (χ4v) is 4.63. The molecule has 1 rings (SSSR count). The predicted molar refractivity (Wildman–Crippen MR) is 65.8 cm³/mol. The molecule has 0 N–H and O–H groups in total. The van der Waals surface area contributed by atoms with E-state index in [0.29, 0.717) is 0 Å². The molecule has 1 aromatic carbocycles. The van der Waals surface area contributed by atoms with Gasteiger partial charge in [-0.1, -0.05) is 44.8 Å². The predicted octanol–water partition coefficient (Wildman–Crippen LogP) is 3.34. The zero-order valence-electron chi connectivity index (χ0n) is 8.92. The number of thioether (sulfide) groups is 1. The van der Waals surface area contributed by atoms with Gasteiger partial charge < -0.3 is 0 Å². The molecule has 0 radical (unpaired) electrons. The van der Waals surface area contributed by atoms with Crippen LogP contribution in [0.2, 0.25) is 19.6 Å². The molecule has 0 heterocycles. The molecule has 0 aliphatic rings. The van der Waals surface area contributed by atoms with Crippen molar-refractivity contribution >= 4 is 25.0 Å². The van der Waals surface area contributed by atoms with Gasteiger partial charge in [-0.3, -0.25) is 0 Å². The van der Waals surface area contributed by atoms with Crippen LogP contribution in [0.25, 0.3) is 0 Å². The molecule has 0 unspecified atom stereocenters. The van der Waals surface area contributed by atoms with E-state index in [0.717, 1.165) is 0 Å². The first-order valence-electron chi connectivity index (χ1n) is 4.78. The zero-order valence-corrected chi connectivity index (χ0v) is 10.7. The minimum absolute atomic E-state index is 1.14. The third-order valence-electron chi connectivity index (χ3n) is 1.99. The molecule has 0 nitrogen and oxygen atoms in total. The molecule has 0 saturated carbocycles. The van der Waals surface area contributed by atoms with Crippen molar-refractivity contribution in [3.63, 3.8) is 0 Å². The first-order chi connectivity index (χ1) is 6.05. The number of hydrogen-bond acceptors (Lipinski definition) is 1. The lowest BCUT2D eigenvalue weighted by Crippen LogP contribution is -2.38. The van der Waals surface area contributed by atoms with E-state index in [1.807, 2.05) is 11.8 Å². The van der Waals surface area contributed by atoms with E-state index in [9.17, 15) is 0 Å². The Kier molecular flexibility index (Phi) is 3.62. The van der Waals surface area contributed by atoms with Crippen LogP contribution in [-0.2, 0) is 0 Å². The van der Waals surface area contributed by atoms with Crippen LogP contribution >= 0.6 is 11.8 Å². The van der Waals surface area contributed by atoms with Crippen LogP contribution < -0.4 is 5.19 Å². The van der Waals surface area contributed by atoms with Crippen molar-refractivity contribution in [2.24, 2.45) is 0 Å². The van der Waals surface area contributed by atoms with E-state index in [4.69, 9.17) is 0 Å². The second kappa shape index (κ2) is 4.34. The van der Waals surface area contributed by atoms with Crippen LogP contribution in [-0.4, -0.2) is 13.8 Å². The second-order valence-electron chi connectivity index (χ2n) is 4.18. The van der Waals surface area contributed by atoms with Gasteiger partial charge in [0, 0.05) is 4.90 Å². The molecular weight excluding hydrogens is 192 g/mol. The molecule has 0 bridgehead atoms. The van der Waals surface area contributed by atoms with Crippen LogP contribution in [0.5, 0.6) is 0 Å². The number of hydrogen-bond donors (Lipinski definition) is 0. The van der Waals surface area contributed by atoms with Gasteiger partial charge in [-0.25, -0.2) is 0 Å². The van der Waals surface area contributed by atoms with E-state index in [1.165, 1.54) is 10.6 Å². The van der Waals surface area contributed by atoms with E-state index in [2.05, 4.69) is 50.8 Å². The summed E-state index contributed by atoms with van der Waals surface area (Å²) in [5.74, 6) is 1.17. The van der Waals surface area contributed by atoms with Crippen LogP contribution in [0, 0.1) is 0 Å². The molecule has 0 fully saturated rings. The van der Waals surface area contributed by atoms with Crippen molar-refractivity contribution < 1.29 is 0 Å². The summed E-state index contributed by atoms with van der Waals surface area (Å²) in [5, 5.41) is 1.60. The Morgan fingerprint density at radius 1 is 1.15 bits per heavy atom. The second-order valence-corrected chi connectivity index (χ2v) is 10.5.